The fraction of sp³-hybridized carbons (Fsp3) is 0.692. The van der Waals surface area contributed by atoms with Crippen LogP contribution in [-0.2, 0) is 0 Å². The first-order chi connectivity index (χ1) is 6.55. The highest BCUT2D eigenvalue weighted by Crippen LogP contribution is 2.38. The molecule has 0 saturated heterocycles. The van der Waals surface area contributed by atoms with Gasteiger partial charge in [0.2, 0.25) is 0 Å². The Morgan fingerprint density at radius 1 is 1.29 bits per heavy atom. The summed E-state index contributed by atoms with van der Waals surface area (Å²) in [5.41, 5.74) is 1.81. The fourth-order valence-electron chi connectivity index (χ4n) is 2.04. The third-order valence-electron chi connectivity index (χ3n) is 2.92. The highest BCUT2D eigenvalue weighted by atomic mass is 28.3. The molecule has 0 unspecified atom stereocenters. The largest absolute Gasteiger partial charge is 0.103 e. The topological polar surface area (TPSA) is 0 Å². The molecule has 0 aliphatic heterocycles. The second kappa shape index (κ2) is 4.97. The maximum Gasteiger partial charge on any atom is 0.0723 e. The van der Waals surface area contributed by atoms with Crippen molar-refractivity contribution in [2.75, 3.05) is 0 Å². The molecule has 0 amide bonds. The van der Waals surface area contributed by atoms with E-state index in [4.69, 9.17) is 0 Å². The Hall–Kier alpha value is -0.303. The molecule has 0 aromatic heterocycles. The molecule has 1 rings (SSSR count). The average molecular weight is 208 g/mol. The molecule has 1 heteroatoms. The standard InChI is InChI=1S/C13H24Si/c1-5-6-7-8-9-13(12-10-11-12)14(2,3)4/h5H,1,6-11H2,2-4H3. The second-order valence-electron chi connectivity index (χ2n) is 5.37. The van der Waals surface area contributed by atoms with E-state index in [-0.39, 0.29) is 0 Å². The van der Waals surface area contributed by atoms with Crippen LogP contribution in [0.5, 0.6) is 0 Å². The molecule has 0 spiro atoms. The van der Waals surface area contributed by atoms with Crippen LogP contribution < -0.4 is 0 Å². The van der Waals surface area contributed by atoms with Gasteiger partial charge in [0.25, 0.3) is 0 Å². The first-order valence-corrected chi connectivity index (χ1v) is 9.38. The van der Waals surface area contributed by atoms with Crippen molar-refractivity contribution in [2.45, 2.75) is 58.2 Å². The molecule has 0 aromatic rings. The van der Waals surface area contributed by atoms with Crippen LogP contribution >= 0.6 is 0 Å². The molecular formula is C13H24Si. The fourth-order valence-corrected chi connectivity index (χ4v) is 4.27. The van der Waals surface area contributed by atoms with Gasteiger partial charge in [-0.2, -0.15) is 0 Å². The molecule has 1 saturated carbocycles. The Morgan fingerprint density at radius 2 is 1.93 bits per heavy atom. The first kappa shape index (κ1) is 11.8. The van der Waals surface area contributed by atoms with Crippen molar-refractivity contribution in [1.29, 1.82) is 0 Å². The molecule has 0 heterocycles. The molecule has 0 radical (unpaired) electrons. The molecule has 14 heavy (non-hydrogen) atoms. The third kappa shape index (κ3) is 3.83. The molecule has 1 aliphatic rings. The van der Waals surface area contributed by atoms with E-state index in [0.29, 0.717) is 0 Å². The van der Waals surface area contributed by atoms with Gasteiger partial charge >= 0.3 is 0 Å². The lowest BCUT2D eigenvalue weighted by Crippen LogP contribution is -2.24. The van der Waals surface area contributed by atoms with Crippen molar-refractivity contribution in [1.82, 2.24) is 0 Å². The first-order valence-electron chi connectivity index (χ1n) is 5.88. The van der Waals surface area contributed by atoms with Gasteiger partial charge in [-0.05, 0) is 38.5 Å². The predicted octanol–water partition coefficient (Wildman–Crippen LogP) is 4.70. The maximum atomic E-state index is 3.77. The Balaban J connectivity index is 2.39. The van der Waals surface area contributed by atoms with Crippen LogP contribution in [0.3, 0.4) is 0 Å². The van der Waals surface area contributed by atoms with Crippen molar-refractivity contribution in [3.8, 4) is 0 Å². The summed E-state index contributed by atoms with van der Waals surface area (Å²) in [4.78, 5) is 0. The summed E-state index contributed by atoms with van der Waals surface area (Å²) in [7, 11) is -0.994. The molecule has 1 fully saturated rings. The number of rotatable bonds is 6. The van der Waals surface area contributed by atoms with Gasteiger partial charge < -0.3 is 0 Å². The van der Waals surface area contributed by atoms with E-state index in [1.165, 1.54) is 38.5 Å². The lowest BCUT2D eigenvalue weighted by Gasteiger charge is -2.21. The SMILES string of the molecule is C=CCCCCC(=C1CC1)[Si](C)(C)C. The molecule has 0 aromatic carbocycles. The second-order valence-corrected chi connectivity index (χ2v) is 10.5. The summed E-state index contributed by atoms with van der Waals surface area (Å²) in [5.74, 6) is 0. The van der Waals surface area contributed by atoms with Gasteiger partial charge in [-0.15, -0.1) is 6.58 Å². The third-order valence-corrected chi connectivity index (χ3v) is 5.33. The summed E-state index contributed by atoms with van der Waals surface area (Å²) >= 11 is 0. The van der Waals surface area contributed by atoms with Gasteiger partial charge in [0.05, 0.1) is 8.07 Å². The Bertz CT molecular complexity index is 224. The zero-order valence-corrected chi connectivity index (χ0v) is 11.0. The van der Waals surface area contributed by atoms with E-state index in [1.807, 2.05) is 16.8 Å². The lowest BCUT2D eigenvalue weighted by molar-refractivity contribution is 0.753. The molecular weight excluding hydrogens is 184 g/mol. The molecule has 0 N–H and O–H groups in total. The van der Waals surface area contributed by atoms with E-state index in [2.05, 4.69) is 26.2 Å². The minimum absolute atomic E-state index is 0.994. The van der Waals surface area contributed by atoms with Crippen LogP contribution in [0.2, 0.25) is 19.6 Å². The van der Waals surface area contributed by atoms with Crippen molar-refractivity contribution in [2.24, 2.45) is 0 Å². The normalized spacial score (nSPS) is 15.5. The van der Waals surface area contributed by atoms with Gasteiger partial charge in [-0.1, -0.05) is 36.5 Å². The van der Waals surface area contributed by atoms with Crippen LogP contribution in [0, 0.1) is 0 Å². The zero-order valence-electron chi connectivity index (χ0n) is 10.0. The molecule has 0 nitrogen and oxygen atoms in total. The van der Waals surface area contributed by atoms with Gasteiger partial charge in [-0.25, -0.2) is 0 Å². The van der Waals surface area contributed by atoms with Gasteiger partial charge in [0.15, 0.2) is 0 Å². The van der Waals surface area contributed by atoms with Gasteiger partial charge in [0.1, 0.15) is 0 Å². The smallest absolute Gasteiger partial charge is 0.0723 e. The molecule has 1 aliphatic carbocycles. The van der Waals surface area contributed by atoms with Crippen molar-refractivity contribution in [3.63, 3.8) is 0 Å². The van der Waals surface area contributed by atoms with Crippen LogP contribution in [0.4, 0.5) is 0 Å². The Kier molecular flexibility index (Phi) is 4.18. The Morgan fingerprint density at radius 3 is 2.36 bits per heavy atom. The highest BCUT2D eigenvalue weighted by molar-refractivity contribution is 6.83. The van der Waals surface area contributed by atoms with E-state index < -0.39 is 8.07 Å². The van der Waals surface area contributed by atoms with Crippen molar-refractivity contribution in [3.05, 3.63) is 23.4 Å². The van der Waals surface area contributed by atoms with E-state index in [0.717, 1.165) is 0 Å². The van der Waals surface area contributed by atoms with Crippen molar-refractivity contribution >= 4 is 8.07 Å². The minimum Gasteiger partial charge on any atom is -0.103 e. The van der Waals surface area contributed by atoms with Gasteiger partial charge in [0, 0.05) is 0 Å². The number of allylic oxidation sites excluding steroid dienone is 3. The molecule has 0 bridgehead atoms. The monoisotopic (exact) mass is 208 g/mol. The quantitative estimate of drug-likeness (QED) is 0.337. The van der Waals surface area contributed by atoms with Crippen LogP contribution in [0.1, 0.15) is 38.5 Å². The molecule has 0 atom stereocenters. The predicted molar refractivity (Wildman–Crippen MR) is 68.3 cm³/mol. The van der Waals surface area contributed by atoms with Crippen molar-refractivity contribution < 1.29 is 0 Å². The lowest BCUT2D eigenvalue weighted by atomic mass is 10.2. The number of unbranched alkanes of at least 4 members (excludes halogenated alkanes) is 2. The van der Waals surface area contributed by atoms with Crippen LogP contribution in [-0.4, -0.2) is 8.07 Å². The number of hydrogen-bond donors (Lipinski definition) is 0. The zero-order chi connectivity index (χ0) is 10.6. The number of hydrogen-bond acceptors (Lipinski definition) is 0. The summed E-state index contributed by atoms with van der Waals surface area (Å²) in [6.07, 6.45) is 10.1. The summed E-state index contributed by atoms with van der Waals surface area (Å²) < 4.78 is 0. The minimum atomic E-state index is -0.994. The maximum absolute atomic E-state index is 3.77. The summed E-state index contributed by atoms with van der Waals surface area (Å²) in [5, 5.41) is 1.88. The van der Waals surface area contributed by atoms with E-state index in [1.54, 1.807) is 0 Å². The van der Waals surface area contributed by atoms with Crippen LogP contribution in [0.15, 0.2) is 23.4 Å². The van der Waals surface area contributed by atoms with Gasteiger partial charge in [-0.3, -0.25) is 0 Å². The van der Waals surface area contributed by atoms with E-state index in [9.17, 15) is 0 Å². The summed E-state index contributed by atoms with van der Waals surface area (Å²) in [6, 6.07) is 0. The average Bonchev–Trinajstić information content (AvgIpc) is 2.85. The highest BCUT2D eigenvalue weighted by Gasteiger charge is 2.26. The van der Waals surface area contributed by atoms with Crippen LogP contribution in [0.25, 0.3) is 0 Å². The molecule has 80 valence electrons. The Labute approximate surface area is 90.1 Å². The van der Waals surface area contributed by atoms with E-state index >= 15 is 0 Å². The summed E-state index contributed by atoms with van der Waals surface area (Å²) in [6.45, 7) is 11.2.